The fourth-order valence-electron chi connectivity index (χ4n) is 9.01. The van der Waals surface area contributed by atoms with Crippen molar-refractivity contribution in [2.75, 3.05) is 19.0 Å². The lowest BCUT2D eigenvalue weighted by molar-refractivity contribution is -0.141. The third-order valence-electron chi connectivity index (χ3n) is 12.1. The van der Waals surface area contributed by atoms with Gasteiger partial charge in [-0.1, -0.05) is 18.2 Å². The zero-order chi connectivity index (χ0) is 40.0. The zero-order valence-electron chi connectivity index (χ0n) is 31.8. The van der Waals surface area contributed by atoms with E-state index in [1.54, 1.807) is 28.3 Å². The molecule has 0 bridgehead atoms. The van der Waals surface area contributed by atoms with Crippen LogP contribution in [0.1, 0.15) is 104 Å². The first-order valence-electron chi connectivity index (χ1n) is 19.6. The molecule has 16 heteroatoms. The van der Waals surface area contributed by atoms with Crippen molar-refractivity contribution in [2.24, 2.45) is 13.0 Å². The van der Waals surface area contributed by atoms with Gasteiger partial charge in [-0.25, -0.2) is 9.78 Å². The van der Waals surface area contributed by atoms with Gasteiger partial charge in [-0.3, -0.25) is 33.5 Å². The Morgan fingerprint density at radius 3 is 2.44 bits per heavy atom. The number of anilines is 1. The molecule has 57 heavy (non-hydrogen) atoms. The number of alkyl halides is 3. The largest absolute Gasteiger partial charge is 0.494 e. The molecule has 1 unspecified atom stereocenters. The van der Waals surface area contributed by atoms with E-state index < -0.39 is 29.7 Å². The van der Waals surface area contributed by atoms with Gasteiger partial charge < -0.3 is 15.4 Å². The fourth-order valence-corrected chi connectivity index (χ4v) is 9.01. The second-order valence-electron chi connectivity index (χ2n) is 15.6. The van der Waals surface area contributed by atoms with Crippen LogP contribution in [0.4, 0.5) is 18.9 Å². The number of pyridine rings is 1. The minimum Gasteiger partial charge on any atom is -0.494 e. The Morgan fingerprint density at radius 2 is 1.72 bits per heavy atom. The zero-order valence-corrected chi connectivity index (χ0v) is 31.8. The van der Waals surface area contributed by atoms with Gasteiger partial charge in [0.25, 0.3) is 5.91 Å². The number of nitrogens with zero attached hydrogens (tertiary/aromatic N) is 5. The first-order valence-corrected chi connectivity index (χ1v) is 19.6. The Bertz CT molecular complexity index is 2400. The second-order valence-corrected chi connectivity index (χ2v) is 15.6. The van der Waals surface area contributed by atoms with Crippen LogP contribution in [-0.4, -0.2) is 61.3 Å². The highest BCUT2D eigenvalue weighted by Crippen LogP contribution is 2.39. The highest BCUT2D eigenvalue weighted by molar-refractivity contribution is 6.05. The molecular formula is C41H45F3N8O5. The molecule has 5 aromatic rings. The summed E-state index contributed by atoms with van der Waals surface area (Å²) in [4.78, 5) is 54.2. The van der Waals surface area contributed by atoms with Crippen molar-refractivity contribution in [3.05, 3.63) is 82.2 Å². The van der Waals surface area contributed by atoms with Gasteiger partial charge in [0.05, 0.1) is 35.4 Å². The minimum absolute atomic E-state index is 0.207. The molecule has 1 saturated heterocycles. The number of amides is 3. The van der Waals surface area contributed by atoms with Gasteiger partial charge in [0.1, 0.15) is 23.2 Å². The van der Waals surface area contributed by atoms with Gasteiger partial charge in [-0.15, -0.1) is 0 Å². The third-order valence-corrected chi connectivity index (χ3v) is 12.1. The van der Waals surface area contributed by atoms with E-state index in [0.717, 1.165) is 92.0 Å². The van der Waals surface area contributed by atoms with Crippen LogP contribution in [0.15, 0.2) is 59.5 Å². The molecule has 8 rings (SSSR count). The first kappa shape index (κ1) is 38.4. The number of carbonyl (C=O) groups is 3. The van der Waals surface area contributed by atoms with Gasteiger partial charge in [-0.05, 0) is 106 Å². The summed E-state index contributed by atoms with van der Waals surface area (Å²) in [6.07, 6.45) is 5.87. The number of para-hydroxylation sites is 1. The van der Waals surface area contributed by atoms with E-state index >= 15 is 0 Å². The van der Waals surface area contributed by atoms with Gasteiger partial charge >= 0.3 is 11.9 Å². The standard InChI is InChI=1S/C41H45F3N8O5/c1-50-37-28(5-3-7-32(37)52(40(50)56)33-17-18-36(53)48-39(33)55)24-11-13-26(14-12-24)45-21-23-9-15-27(16-10-23)51-22-25-19-31(34(57-2)20-30(25)49-51)47-38(54)29-6-4-8-35(46-29)41(42,43)44/h3-8,19-20,22-24,26-27,33,45H,9-18,21H2,1-2H3,(H,47,54)(H,48,53,55)/t23-,24?,26?,27-,33?. The fraction of sp³-hybridized carbons (Fsp3) is 0.463. The number of fused-ring (bicyclic) bond motifs is 2. The molecule has 0 spiro atoms. The normalized spacial score (nSPS) is 23.1. The summed E-state index contributed by atoms with van der Waals surface area (Å²) in [6.45, 7) is 0.947. The van der Waals surface area contributed by atoms with E-state index in [1.165, 1.54) is 13.2 Å². The van der Waals surface area contributed by atoms with Gasteiger partial charge in [0, 0.05) is 37.2 Å². The van der Waals surface area contributed by atoms with Gasteiger partial charge in [-0.2, -0.15) is 18.3 Å². The van der Waals surface area contributed by atoms with E-state index in [0.29, 0.717) is 41.3 Å². The molecule has 13 nitrogen and oxygen atoms in total. The van der Waals surface area contributed by atoms with Crippen LogP contribution in [0.5, 0.6) is 5.75 Å². The molecule has 2 aliphatic carbocycles. The number of benzene rings is 2. The van der Waals surface area contributed by atoms with E-state index in [9.17, 15) is 32.3 Å². The predicted octanol–water partition coefficient (Wildman–Crippen LogP) is 6.39. The molecule has 1 aliphatic heterocycles. The maximum atomic E-state index is 13.4. The second kappa shape index (κ2) is 15.4. The van der Waals surface area contributed by atoms with Crippen molar-refractivity contribution in [3.8, 4) is 5.75 Å². The van der Waals surface area contributed by atoms with Crippen LogP contribution in [0.3, 0.4) is 0 Å². The number of methoxy groups -OCH3 is 1. The molecule has 3 N–H and O–H groups in total. The number of carbonyl (C=O) groups excluding carboxylic acids is 3. The number of nitrogens with one attached hydrogen (secondary N) is 3. The van der Waals surface area contributed by atoms with Crippen molar-refractivity contribution in [1.29, 1.82) is 0 Å². The summed E-state index contributed by atoms with van der Waals surface area (Å²) in [5.41, 5.74) is 1.98. The van der Waals surface area contributed by atoms with Crippen LogP contribution < -0.4 is 26.4 Å². The monoisotopic (exact) mass is 786 g/mol. The summed E-state index contributed by atoms with van der Waals surface area (Å²) < 4.78 is 50.2. The van der Waals surface area contributed by atoms with Crippen molar-refractivity contribution in [3.63, 3.8) is 0 Å². The van der Waals surface area contributed by atoms with E-state index in [2.05, 4.69) is 27.0 Å². The van der Waals surface area contributed by atoms with Crippen molar-refractivity contribution in [2.45, 2.75) is 94.4 Å². The molecule has 3 aliphatic rings. The van der Waals surface area contributed by atoms with E-state index in [1.807, 2.05) is 23.0 Å². The number of rotatable bonds is 9. The summed E-state index contributed by atoms with van der Waals surface area (Å²) in [5.74, 6) is -0.334. The molecule has 3 amide bonds. The summed E-state index contributed by atoms with van der Waals surface area (Å²) in [7, 11) is 3.21. The number of halogens is 3. The Balaban J connectivity index is 0.849. The molecule has 2 saturated carbocycles. The molecule has 3 aromatic heterocycles. The van der Waals surface area contributed by atoms with Crippen molar-refractivity contribution >= 4 is 45.3 Å². The minimum atomic E-state index is -4.67. The maximum absolute atomic E-state index is 13.4. The topological polar surface area (TPSA) is 154 Å². The van der Waals surface area contributed by atoms with Gasteiger partial charge in [0.15, 0.2) is 0 Å². The smallest absolute Gasteiger partial charge is 0.433 e. The van der Waals surface area contributed by atoms with Crippen LogP contribution in [0, 0.1) is 5.92 Å². The molecule has 0 radical (unpaired) electrons. The maximum Gasteiger partial charge on any atom is 0.433 e. The number of aryl methyl sites for hydroxylation is 1. The lowest BCUT2D eigenvalue weighted by atomic mass is 9.80. The van der Waals surface area contributed by atoms with Crippen molar-refractivity contribution < 1.29 is 32.3 Å². The highest BCUT2D eigenvalue weighted by Gasteiger charge is 2.34. The summed E-state index contributed by atoms with van der Waals surface area (Å²) in [6, 6.07) is 12.5. The van der Waals surface area contributed by atoms with Crippen LogP contribution in [0.25, 0.3) is 21.9 Å². The average molecular weight is 787 g/mol. The predicted molar refractivity (Wildman–Crippen MR) is 206 cm³/mol. The van der Waals surface area contributed by atoms with Crippen LogP contribution >= 0.6 is 0 Å². The van der Waals surface area contributed by atoms with Crippen LogP contribution in [-0.2, 0) is 22.8 Å². The Labute approximate surface area is 326 Å². The van der Waals surface area contributed by atoms with E-state index in [-0.39, 0.29) is 29.8 Å². The SMILES string of the molecule is COc1cc2nn([C@H]3CC[C@H](CNC4CCC(c5cccc6c5n(C)c(=O)n6C5CCC(=O)NC5=O)CC4)CC3)cc2cc1NC(=O)c1cccc(C(F)(F)F)n1. The molecule has 1 atom stereocenters. The number of aromatic nitrogens is 5. The Morgan fingerprint density at radius 1 is 0.965 bits per heavy atom. The molecule has 300 valence electrons. The number of ether oxygens (including phenoxy) is 1. The lowest BCUT2D eigenvalue weighted by Gasteiger charge is -2.33. The summed E-state index contributed by atoms with van der Waals surface area (Å²) in [5, 5.41) is 14.5. The number of hydrogen-bond acceptors (Lipinski definition) is 8. The Hall–Kier alpha value is -5.51. The number of imide groups is 1. The highest BCUT2D eigenvalue weighted by atomic mass is 19.4. The average Bonchev–Trinajstić information content (AvgIpc) is 3.74. The first-order chi connectivity index (χ1) is 27.4. The number of imidazole rings is 1. The molecule has 2 aromatic carbocycles. The Kier molecular flexibility index (Phi) is 10.4. The lowest BCUT2D eigenvalue weighted by Crippen LogP contribution is -2.44. The molecular weight excluding hydrogens is 741 g/mol. The number of piperidine rings is 1. The molecule has 3 fully saturated rings. The van der Waals surface area contributed by atoms with E-state index in [4.69, 9.17) is 9.84 Å². The number of hydrogen-bond donors (Lipinski definition) is 3. The third kappa shape index (κ3) is 7.66. The van der Waals surface area contributed by atoms with Crippen LogP contribution in [0.2, 0.25) is 0 Å². The molecule has 4 heterocycles. The summed E-state index contributed by atoms with van der Waals surface area (Å²) >= 11 is 0. The quantitative estimate of drug-likeness (QED) is 0.145. The van der Waals surface area contributed by atoms with Crippen molar-refractivity contribution in [1.82, 2.24) is 34.5 Å². The van der Waals surface area contributed by atoms with Gasteiger partial charge in [0.2, 0.25) is 11.8 Å².